The zero-order valence-electron chi connectivity index (χ0n) is 7.80. The van der Waals surface area contributed by atoms with Crippen molar-refractivity contribution in [1.82, 2.24) is 0 Å². The fourth-order valence-electron chi connectivity index (χ4n) is 0.449. The van der Waals surface area contributed by atoms with Gasteiger partial charge >= 0.3 is 12.1 Å². The number of carboxylic acid groups (broad SMARTS) is 1. The topological polar surface area (TPSA) is 60.4 Å². The first-order valence-electron chi connectivity index (χ1n) is 3.75. The molecule has 0 spiro atoms. The van der Waals surface area contributed by atoms with Crippen molar-refractivity contribution < 1.29 is 27.6 Å². The Morgan fingerprint density at radius 1 is 1.38 bits per heavy atom. The van der Waals surface area contributed by atoms with Crippen molar-refractivity contribution in [1.29, 1.82) is 0 Å². The van der Waals surface area contributed by atoms with Gasteiger partial charge in [0.1, 0.15) is 0 Å². The number of hydrogen-bond acceptors (Lipinski definition) is 3. The SMILES string of the molecule is O=C(O)CCSCCC(F)(F)F.[O-][S+](Cl)Cl. The summed E-state index contributed by atoms with van der Waals surface area (Å²) in [6, 6.07) is 0. The van der Waals surface area contributed by atoms with Crippen molar-refractivity contribution in [3.63, 3.8) is 0 Å². The van der Waals surface area contributed by atoms with E-state index in [0.29, 0.717) is 0 Å². The van der Waals surface area contributed by atoms with Crippen LogP contribution in [0.15, 0.2) is 0 Å². The van der Waals surface area contributed by atoms with Crippen LogP contribution in [0.1, 0.15) is 12.8 Å². The zero-order valence-corrected chi connectivity index (χ0v) is 10.9. The maximum atomic E-state index is 11.5. The third-order valence-corrected chi connectivity index (χ3v) is 1.98. The van der Waals surface area contributed by atoms with E-state index < -0.39 is 28.2 Å². The molecule has 0 heterocycles. The molecule has 0 unspecified atom stereocenters. The highest BCUT2D eigenvalue weighted by Gasteiger charge is 2.25. The van der Waals surface area contributed by atoms with Crippen LogP contribution < -0.4 is 0 Å². The van der Waals surface area contributed by atoms with Gasteiger partial charge in [-0.05, 0) is 0 Å². The van der Waals surface area contributed by atoms with Gasteiger partial charge in [0.15, 0.2) is 31.0 Å². The molecule has 0 fully saturated rings. The van der Waals surface area contributed by atoms with Crippen LogP contribution in [-0.4, -0.2) is 33.3 Å². The molecule has 0 saturated heterocycles. The van der Waals surface area contributed by atoms with Gasteiger partial charge in [-0.3, -0.25) is 4.79 Å². The Hall–Kier alpha value is 0.500. The Balaban J connectivity index is 0. The normalized spacial score (nSPS) is 10.9. The number of aliphatic carboxylic acids is 1. The van der Waals surface area contributed by atoms with Gasteiger partial charge in [0.2, 0.25) is 0 Å². The van der Waals surface area contributed by atoms with Gasteiger partial charge < -0.3 is 9.66 Å². The van der Waals surface area contributed by atoms with E-state index in [1.165, 1.54) is 0 Å². The molecule has 0 aliphatic heterocycles. The molecule has 0 aliphatic carbocycles. The highest BCUT2D eigenvalue weighted by molar-refractivity contribution is 8.31. The summed E-state index contributed by atoms with van der Waals surface area (Å²) in [6.45, 7) is 0. The second-order valence-electron chi connectivity index (χ2n) is 2.31. The van der Waals surface area contributed by atoms with Gasteiger partial charge in [-0.1, -0.05) is 0 Å². The predicted octanol–water partition coefficient (Wildman–Crippen LogP) is 3.19. The number of halogens is 5. The average Bonchev–Trinajstić information content (AvgIpc) is 1.99. The maximum absolute atomic E-state index is 11.5. The van der Waals surface area contributed by atoms with Crippen LogP contribution in [-0.2, 0) is 14.4 Å². The van der Waals surface area contributed by atoms with Gasteiger partial charge in [-0.25, -0.2) is 0 Å². The quantitative estimate of drug-likeness (QED) is 0.624. The minimum Gasteiger partial charge on any atom is -0.582 e. The summed E-state index contributed by atoms with van der Waals surface area (Å²) in [5.41, 5.74) is 0. The van der Waals surface area contributed by atoms with Crippen LogP contribution in [0.25, 0.3) is 0 Å². The van der Waals surface area contributed by atoms with Crippen LogP contribution in [0.4, 0.5) is 13.2 Å². The lowest BCUT2D eigenvalue weighted by molar-refractivity contribution is -0.136. The smallest absolute Gasteiger partial charge is 0.389 e. The minimum absolute atomic E-state index is 0.0588. The van der Waals surface area contributed by atoms with Gasteiger partial charge in [-0.15, -0.1) is 0 Å². The predicted molar refractivity (Wildman–Crippen MR) is 60.1 cm³/mol. The molecule has 0 bridgehead atoms. The molecule has 16 heavy (non-hydrogen) atoms. The number of carbonyl (C=O) groups is 1. The van der Waals surface area contributed by atoms with E-state index in [1.54, 1.807) is 0 Å². The molecule has 0 aromatic heterocycles. The summed E-state index contributed by atoms with van der Waals surface area (Å²) < 4.78 is 43.6. The summed E-state index contributed by atoms with van der Waals surface area (Å²) in [5, 5.41) is 8.14. The van der Waals surface area contributed by atoms with Crippen molar-refractivity contribution in [3.8, 4) is 0 Å². The lowest BCUT2D eigenvalue weighted by atomic mass is 10.5. The Morgan fingerprint density at radius 3 is 2.12 bits per heavy atom. The highest BCUT2D eigenvalue weighted by atomic mass is 36.0. The Bertz CT molecular complexity index is 190. The van der Waals surface area contributed by atoms with E-state index in [0.717, 1.165) is 11.8 Å². The van der Waals surface area contributed by atoms with Gasteiger partial charge in [0, 0.05) is 11.5 Å². The second kappa shape index (κ2) is 10.6. The van der Waals surface area contributed by atoms with Crippen LogP contribution in [0.3, 0.4) is 0 Å². The molecule has 0 radical (unpaired) electrons. The molecule has 1 N–H and O–H groups in total. The van der Waals surface area contributed by atoms with Crippen molar-refractivity contribution in [2.75, 3.05) is 11.5 Å². The van der Waals surface area contributed by atoms with Crippen molar-refractivity contribution >= 4 is 48.7 Å². The van der Waals surface area contributed by atoms with Crippen LogP contribution in [0.5, 0.6) is 0 Å². The molecular weight excluding hydrogens is 312 g/mol. The Labute approximate surface area is 107 Å². The molecule has 0 amide bonds. The first-order chi connectivity index (χ1) is 7.15. The molecule has 0 rings (SSSR count). The van der Waals surface area contributed by atoms with E-state index in [-0.39, 0.29) is 17.9 Å². The largest absolute Gasteiger partial charge is 0.582 e. The molecule has 0 saturated carbocycles. The highest BCUT2D eigenvalue weighted by Crippen LogP contribution is 2.22. The minimum atomic E-state index is -4.13. The first kappa shape index (κ1) is 18.9. The standard InChI is InChI=1S/C6H9F3O2S.Cl2OS/c7-6(8,9)2-4-12-3-1-5(10)11;1-4(2)3/h1-4H2,(H,10,11);. The average molecular weight is 321 g/mol. The van der Waals surface area contributed by atoms with Crippen molar-refractivity contribution in [3.05, 3.63) is 0 Å². The van der Waals surface area contributed by atoms with Gasteiger partial charge in [0.25, 0.3) is 0 Å². The van der Waals surface area contributed by atoms with Gasteiger partial charge in [0.05, 0.1) is 12.8 Å². The molecule has 3 nitrogen and oxygen atoms in total. The summed E-state index contributed by atoms with van der Waals surface area (Å²) in [6.07, 6.45) is -5.06. The summed E-state index contributed by atoms with van der Waals surface area (Å²) in [4.78, 5) is 9.92. The fraction of sp³-hybridized carbons (Fsp3) is 0.833. The molecule has 0 aromatic rings. The van der Waals surface area contributed by atoms with Gasteiger partial charge in [-0.2, -0.15) is 24.9 Å². The van der Waals surface area contributed by atoms with Crippen LogP contribution in [0.2, 0.25) is 0 Å². The number of alkyl halides is 3. The fourth-order valence-corrected chi connectivity index (χ4v) is 1.35. The molecule has 98 valence electrons. The number of hydrogen-bond donors (Lipinski definition) is 1. The van der Waals surface area contributed by atoms with E-state index >= 15 is 0 Å². The number of rotatable bonds is 5. The summed E-state index contributed by atoms with van der Waals surface area (Å²) in [5.74, 6) is -0.795. The van der Waals surface area contributed by atoms with Crippen molar-refractivity contribution in [2.45, 2.75) is 19.0 Å². The number of thioether (sulfide) groups is 1. The molecule has 0 aliphatic rings. The maximum Gasteiger partial charge on any atom is 0.389 e. The van der Waals surface area contributed by atoms with E-state index in [1.807, 2.05) is 0 Å². The van der Waals surface area contributed by atoms with Crippen molar-refractivity contribution in [2.24, 2.45) is 0 Å². The zero-order chi connectivity index (χ0) is 13.2. The Morgan fingerprint density at radius 2 is 1.81 bits per heavy atom. The molecular formula is C6H9Cl2F3O3S2. The monoisotopic (exact) mass is 320 g/mol. The second-order valence-corrected chi connectivity index (χ2v) is 6.05. The van der Waals surface area contributed by atoms with E-state index in [4.69, 9.17) is 9.66 Å². The lowest BCUT2D eigenvalue weighted by Crippen LogP contribution is -2.08. The molecule has 10 heteroatoms. The summed E-state index contributed by atoms with van der Waals surface area (Å²) >= 11 is 1.01. The van der Waals surface area contributed by atoms with Crippen LogP contribution >= 0.6 is 33.1 Å². The van der Waals surface area contributed by atoms with Crippen LogP contribution in [0, 0.1) is 0 Å². The third-order valence-electron chi connectivity index (χ3n) is 0.990. The third kappa shape index (κ3) is 29.3. The van der Waals surface area contributed by atoms with E-state index in [2.05, 4.69) is 21.4 Å². The van der Waals surface area contributed by atoms with E-state index in [9.17, 15) is 18.0 Å². The lowest BCUT2D eigenvalue weighted by Gasteiger charge is -2.04. The molecule has 0 aromatic carbocycles. The first-order valence-corrected chi connectivity index (χ1v) is 7.71. The number of carboxylic acids is 1. The molecule has 0 atom stereocenters. The summed E-state index contributed by atoms with van der Waals surface area (Å²) in [7, 11) is 7.36. The Kier molecular flexibility index (Phi) is 12.5.